The number of aliphatic hydroxyl groups excluding tert-OH is 1. The van der Waals surface area contributed by atoms with Crippen molar-refractivity contribution >= 4 is 52.4 Å². The molecule has 0 unspecified atom stereocenters. The van der Waals surface area contributed by atoms with Crippen LogP contribution in [0.3, 0.4) is 0 Å². The molecule has 0 aromatic carbocycles. The van der Waals surface area contributed by atoms with Crippen LogP contribution in [0.2, 0.25) is 0 Å². The van der Waals surface area contributed by atoms with Crippen molar-refractivity contribution in [2.45, 2.75) is 36.7 Å². The Hall–Kier alpha value is -3.21. The van der Waals surface area contributed by atoms with Gasteiger partial charge in [-0.05, 0) is 31.4 Å². The van der Waals surface area contributed by atoms with Crippen LogP contribution in [0, 0.1) is 0 Å². The molecule has 0 saturated heterocycles. The molecule has 4 rings (SSSR count). The van der Waals surface area contributed by atoms with Crippen LogP contribution in [0.15, 0.2) is 30.6 Å². The molecule has 3 aromatic heterocycles. The number of carbonyl (C=O) groups excluding carboxylic acids is 1. The maximum Gasteiger partial charge on any atom is 0.256 e. The van der Waals surface area contributed by atoms with Crippen molar-refractivity contribution in [1.82, 2.24) is 24.9 Å². The van der Waals surface area contributed by atoms with E-state index < -0.39 is 5.30 Å². The van der Waals surface area contributed by atoms with Gasteiger partial charge in [-0.3, -0.25) is 4.79 Å². The van der Waals surface area contributed by atoms with Crippen LogP contribution in [0.5, 0.6) is 5.88 Å². The number of anilines is 3. The summed E-state index contributed by atoms with van der Waals surface area (Å²) in [6.07, 6.45) is 4.82. The highest BCUT2D eigenvalue weighted by molar-refractivity contribution is 6.58. The summed E-state index contributed by atoms with van der Waals surface area (Å²) in [4.78, 5) is 21.9. The van der Waals surface area contributed by atoms with Crippen LogP contribution in [-0.2, 0) is 0 Å². The van der Waals surface area contributed by atoms with E-state index in [2.05, 4.69) is 31.0 Å². The molecule has 0 radical (unpaired) electrons. The number of fused-ring (bicyclic) bond motifs is 1. The monoisotopic (exact) mass is 433 g/mol. The first-order valence-corrected chi connectivity index (χ1v) is 10.7. The van der Waals surface area contributed by atoms with E-state index in [1.807, 2.05) is 35.7 Å². The fraction of sp³-hybridized carbons (Fsp3) is 0.368. The van der Waals surface area contributed by atoms with Gasteiger partial charge in [0.25, 0.3) is 5.91 Å². The Morgan fingerprint density at radius 3 is 2.84 bits per heavy atom. The van der Waals surface area contributed by atoms with Crippen LogP contribution in [0.4, 0.5) is 17.3 Å². The smallest absolute Gasteiger partial charge is 0.256 e. The summed E-state index contributed by atoms with van der Waals surface area (Å²) < 4.78 is 7.54. The summed E-state index contributed by atoms with van der Waals surface area (Å²) in [6.45, 7) is 0. The molecule has 3 aromatic rings. The first-order chi connectivity index (χ1) is 15.2. The van der Waals surface area contributed by atoms with Crippen molar-refractivity contribution < 1.29 is 14.6 Å². The van der Waals surface area contributed by atoms with Crippen molar-refractivity contribution in [3.05, 3.63) is 36.2 Å². The Labute approximate surface area is 188 Å². The molecule has 13 heteroatoms. The highest BCUT2D eigenvalue weighted by Gasteiger charge is 2.26. The molecule has 0 bridgehead atoms. The van der Waals surface area contributed by atoms with E-state index in [1.54, 1.807) is 23.8 Å². The Morgan fingerprint density at radius 2 is 2.16 bits per heavy atom. The van der Waals surface area contributed by atoms with Gasteiger partial charge in [0, 0.05) is 30.7 Å². The molecule has 1 amide bonds. The fourth-order valence-corrected chi connectivity index (χ4v) is 3.71. The minimum Gasteiger partial charge on any atom is -0.497 e. The average molecular weight is 433 g/mol. The second kappa shape index (κ2) is 8.74. The van der Waals surface area contributed by atoms with E-state index in [9.17, 15) is 9.90 Å². The van der Waals surface area contributed by atoms with Gasteiger partial charge in [-0.25, -0.2) is 9.97 Å². The second-order valence-corrected chi connectivity index (χ2v) is 8.90. The zero-order valence-corrected chi connectivity index (χ0v) is 18.7. The highest BCUT2D eigenvalue weighted by Crippen LogP contribution is 2.28. The van der Waals surface area contributed by atoms with Crippen molar-refractivity contribution in [2.24, 2.45) is 0 Å². The van der Waals surface area contributed by atoms with Crippen LogP contribution in [-0.4, -0.2) is 78.6 Å². The number of hydrogen-bond acceptors (Lipinski definition) is 8. The second-order valence-electron chi connectivity index (χ2n) is 8.90. The normalized spacial score (nSPS) is 18.4. The third-order valence-corrected chi connectivity index (χ3v) is 5.15. The van der Waals surface area contributed by atoms with Gasteiger partial charge in [-0.1, -0.05) is 0 Å². The first-order valence-electron chi connectivity index (χ1n) is 10.7. The lowest BCUT2D eigenvalue weighted by molar-refractivity contribution is 0.0935. The van der Waals surface area contributed by atoms with E-state index in [0.29, 0.717) is 47.3 Å². The van der Waals surface area contributed by atoms with E-state index >= 15 is 0 Å². The van der Waals surface area contributed by atoms with E-state index in [4.69, 9.17) is 4.74 Å². The number of rotatable bonds is 7. The van der Waals surface area contributed by atoms with Crippen molar-refractivity contribution in [3.8, 4) is 5.88 Å². The van der Waals surface area contributed by atoms with E-state index in [-0.39, 0.29) is 18.1 Å². The third-order valence-electron chi connectivity index (χ3n) is 5.15. The number of aromatic nitrogens is 4. The largest absolute Gasteiger partial charge is 0.497 e. The number of nitrogens with zero attached hydrogens (tertiary/aromatic N) is 4. The molecule has 0 aliphatic heterocycles. The van der Waals surface area contributed by atoms with Gasteiger partial charge >= 0.3 is 0 Å². The highest BCUT2D eigenvalue weighted by atomic mass is 16.5. The minimum atomic E-state index is -0.414. The van der Waals surface area contributed by atoms with Gasteiger partial charge in [-0.15, -0.1) is 0 Å². The number of nitrogens with one attached hydrogen (secondary N) is 3. The molecule has 2 atom stereocenters. The first kappa shape index (κ1) is 22.0. The van der Waals surface area contributed by atoms with Crippen LogP contribution >= 0.6 is 0 Å². The van der Waals surface area contributed by atoms with Crippen LogP contribution in [0.25, 0.3) is 5.65 Å². The quantitative estimate of drug-likeness (QED) is 0.330. The molecule has 3 heterocycles. The lowest BCUT2D eigenvalue weighted by atomic mass is 9.52. The number of carbonyl (C=O) groups is 1. The molecule has 10 nitrogen and oxygen atoms in total. The number of amides is 1. The molecule has 1 aliphatic rings. The number of pyridine rings is 1. The zero-order chi connectivity index (χ0) is 22.9. The summed E-state index contributed by atoms with van der Waals surface area (Å²) in [5.74, 6) is 1.37. The molecule has 1 aliphatic carbocycles. The molecule has 1 saturated carbocycles. The summed E-state index contributed by atoms with van der Waals surface area (Å²) in [6, 6.07) is 5.41. The molecular formula is C19H26B3N7O3. The van der Waals surface area contributed by atoms with Crippen molar-refractivity contribution in [3.63, 3.8) is 0 Å². The predicted molar refractivity (Wildman–Crippen MR) is 130 cm³/mol. The number of aliphatic hydroxyl groups is 1. The predicted octanol–water partition coefficient (Wildman–Crippen LogP) is -1.56. The maximum atomic E-state index is 12.9. The van der Waals surface area contributed by atoms with Gasteiger partial charge in [0.15, 0.2) is 5.65 Å². The average Bonchev–Trinajstić information content (AvgIpc) is 3.33. The topological polar surface area (TPSA) is 126 Å². The summed E-state index contributed by atoms with van der Waals surface area (Å²) >= 11 is 0. The van der Waals surface area contributed by atoms with Gasteiger partial charge in [0.05, 0.1) is 12.3 Å². The van der Waals surface area contributed by atoms with Crippen molar-refractivity contribution in [2.75, 3.05) is 17.7 Å². The Balaban J connectivity index is 1.65. The Morgan fingerprint density at radius 1 is 1.34 bits per heavy atom. The molecular weight excluding hydrogens is 407 g/mol. The third kappa shape index (κ3) is 4.82. The molecule has 0 spiro atoms. The van der Waals surface area contributed by atoms with Gasteiger partial charge in [0.1, 0.15) is 46.4 Å². The molecule has 4 N–H and O–H groups in total. The molecule has 164 valence electrons. The Bertz CT molecular complexity index is 1140. The summed E-state index contributed by atoms with van der Waals surface area (Å²) in [7, 11) is 7.64. The lowest BCUT2D eigenvalue weighted by Crippen LogP contribution is -2.38. The molecule has 32 heavy (non-hydrogen) atoms. The van der Waals surface area contributed by atoms with Gasteiger partial charge < -0.3 is 25.8 Å². The SMILES string of the molecule is BC(B)(B)Oc1ncccc1Nc1cc(NC)n2ncc(C(=O)N[C@H]3CC[C@H](O)C3)c2n1. The zero-order valence-electron chi connectivity index (χ0n) is 18.7. The molecule has 1 fully saturated rings. The van der Waals surface area contributed by atoms with Crippen LogP contribution < -0.4 is 20.7 Å². The Kier molecular flexibility index (Phi) is 6.01. The lowest BCUT2D eigenvalue weighted by Gasteiger charge is -2.23. The standard InChI is InChI=1S/C19H26B3N7O3/c1-23-15-8-14(27-13-3-2-6-24-18(13)32-19(20,21)22)28-16-12(9-25-29(15)16)17(31)26-10-4-5-11(30)7-10/h2-3,6,8-11,23,30H,4-5,7,20-22H2,1H3,(H,26,31)(H,27,28)/t10-,11-/m0/s1. The van der Waals surface area contributed by atoms with Gasteiger partial charge in [-0.2, -0.15) is 9.61 Å². The van der Waals surface area contributed by atoms with Gasteiger partial charge in [0.2, 0.25) is 5.88 Å². The van der Waals surface area contributed by atoms with Crippen molar-refractivity contribution in [1.29, 1.82) is 0 Å². The number of ether oxygens (including phenoxy) is 1. The minimum absolute atomic E-state index is 0.0509. The summed E-state index contributed by atoms with van der Waals surface area (Å²) in [5, 5.41) is 23.0. The fourth-order valence-electron chi connectivity index (χ4n) is 3.71. The maximum absolute atomic E-state index is 12.9. The summed E-state index contributed by atoms with van der Waals surface area (Å²) in [5.41, 5.74) is 1.44. The van der Waals surface area contributed by atoms with E-state index in [0.717, 1.165) is 6.42 Å². The van der Waals surface area contributed by atoms with Crippen LogP contribution in [0.1, 0.15) is 29.6 Å². The van der Waals surface area contributed by atoms with E-state index in [1.165, 1.54) is 6.20 Å². The number of hydrogen-bond donors (Lipinski definition) is 4.